The zero-order valence-electron chi connectivity index (χ0n) is 34.5. The summed E-state index contributed by atoms with van der Waals surface area (Å²) in [6.45, 7) is 0.267. The number of nitrogens with zero attached hydrogens (tertiary/aromatic N) is 2. The van der Waals surface area contributed by atoms with Crippen molar-refractivity contribution in [1.29, 1.82) is 5.26 Å². The van der Waals surface area contributed by atoms with E-state index >= 15 is 0 Å². The fourth-order valence-corrected chi connectivity index (χ4v) is 8.48. The first kappa shape index (κ1) is 42.6. The van der Waals surface area contributed by atoms with E-state index < -0.39 is 41.9 Å². The standard InChI is InChI=1S/C52H38Cl2N4O7/c53-42-20-9-32(21-43(42)54)29-64-41-18-16-36(17-19-41)48-50(60)56-44-24-39-25-46(58(28-40(39)26-47(44)65-48)51(61)38-15-14-33-3-1-2-4-37(33)23-38)49(59)57-45(52(62)63)22-30-5-10-34(11-6-30)35-12-7-31(27-55)8-13-35/h1-21,23-24,26,45-46,48H,22,25,28-29H2,(H,56,60)(H,57,59)(H,62,63)/t45?,46-,48-/m0/s1. The average molecular weight is 902 g/mol. The Bertz CT molecular complexity index is 3040. The number of nitrogens with one attached hydrogen (secondary N) is 2. The van der Waals surface area contributed by atoms with Crippen molar-refractivity contribution in [3.8, 4) is 28.7 Å². The van der Waals surface area contributed by atoms with E-state index in [9.17, 15) is 24.3 Å². The predicted molar refractivity (Wildman–Crippen MR) is 247 cm³/mol. The lowest BCUT2D eigenvalue weighted by atomic mass is 9.91. The van der Waals surface area contributed by atoms with Crippen molar-refractivity contribution >= 4 is 63.4 Å². The molecule has 0 aromatic heterocycles. The van der Waals surface area contributed by atoms with Crippen molar-refractivity contribution < 1.29 is 33.8 Å². The van der Waals surface area contributed by atoms with E-state index in [0.717, 1.165) is 27.5 Å². The Morgan fingerprint density at radius 1 is 0.815 bits per heavy atom. The number of carbonyl (C=O) groups is 4. The molecule has 0 saturated carbocycles. The van der Waals surface area contributed by atoms with E-state index in [1.807, 2.05) is 60.7 Å². The van der Waals surface area contributed by atoms with Crippen LogP contribution in [0.1, 0.15) is 49.8 Å². The highest BCUT2D eigenvalue weighted by Gasteiger charge is 2.39. The number of anilines is 1. The highest BCUT2D eigenvalue weighted by Crippen LogP contribution is 2.40. The van der Waals surface area contributed by atoms with E-state index in [4.69, 9.17) is 37.9 Å². The Balaban J connectivity index is 0.951. The van der Waals surface area contributed by atoms with Gasteiger partial charge in [-0.15, -0.1) is 0 Å². The molecule has 0 aliphatic carbocycles. The van der Waals surface area contributed by atoms with Crippen LogP contribution in [0.2, 0.25) is 10.0 Å². The quantitative estimate of drug-likeness (QED) is 0.116. The molecule has 3 atom stereocenters. The van der Waals surface area contributed by atoms with Gasteiger partial charge in [0, 0.05) is 30.5 Å². The summed E-state index contributed by atoms with van der Waals surface area (Å²) in [6, 6.07) is 43.0. The van der Waals surface area contributed by atoms with Crippen LogP contribution < -0.4 is 20.1 Å². The monoisotopic (exact) mass is 900 g/mol. The Hall–Kier alpha value is -7.65. The summed E-state index contributed by atoms with van der Waals surface area (Å²) in [6.07, 6.45) is -0.951. The number of hydrogen-bond donors (Lipinski definition) is 3. The molecule has 0 spiro atoms. The van der Waals surface area contributed by atoms with Gasteiger partial charge in [0.25, 0.3) is 11.8 Å². The van der Waals surface area contributed by atoms with Crippen LogP contribution in [0.25, 0.3) is 21.9 Å². The highest BCUT2D eigenvalue weighted by atomic mass is 35.5. The third-order valence-corrected chi connectivity index (χ3v) is 12.4. The molecule has 9 rings (SSSR count). The molecule has 0 bridgehead atoms. The number of nitriles is 1. The lowest BCUT2D eigenvalue weighted by Gasteiger charge is -2.37. The molecule has 3 N–H and O–H groups in total. The molecule has 2 aliphatic rings. The smallest absolute Gasteiger partial charge is 0.326 e. The SMILES string of the molecule is N#Cc1ccc(-c2ccc(CC(NC(=O)[C@@H]3Cc4cc5c(cc4CN3C(=O)c3ccc4ccccc4c3)O[C@@H](c3ccc(OCc4ccc(Cl)c(Cl)c4)cc3)C(=O)N5)C(=O)O)cc2)cc1. The zero-order chi connectivity index (χ0) is 45.2. The molecule has 7 aromatic carbocycles. The number of halogens is 2. The van der Waals surface area contributed by atoms with Gasteiger partial charge in [0.05, 0.1) is 27.4 Å². The largest absolute Gasteiger partial charge is 0.489 e. The maximum atomic E-state index is 14.5. The van der Waals surface area contributed by atoms with Crippen molar-refractivity contribution in [3.05, 3.63) is 195 Å². The molecule has 0 fully saturated rings. The fraction of sp³-hybridized carbons (Fsp3) is 0.135. The topological polar surface area (TPSA) is 158 Å². The maximum Gasteiger partial charge on any atom is 0.326 e. The van der Waals surface area contributed by atoms with Gasteiger partial charge in [0.1, 0.15) is 30.2 Å². The van der Waals surface area contributed by atoms with Crippen LogP contribution in [-0.4, -0.2) is 45.8 Å². The number of amides is 3. The minimum Gasteiger partial charge on any atom is -0.489 e. The number of ether oxygens (including phenoxy) is 2. The summed E-state index contributed by atoms with van der Waals surface area (Å²) >= 11 is 12.2. The number of carbonyl (C=O) groups excluding carboxylic acids is 3. The second-order valence-corrected chi connectivity index (χ2v) is 16.7. The lowest BCUT2D eigenvalue weighted by molar-refractivity contribution is -0.142. The minimum absolute atomic E-state index is 0.00769. The van der Waals surface area contributed by atoms with Crippen LogP contribution in [-0.2, 0) is 40.4 Å². The Kier molecular flexibility index (Phi) is 12.0. The van der Waals surface area contributed by atoms with E-state index in [1.54, 1.807) is 84.9 Å². The van der Waals surface area contributed by atoms with Gasteiger partial charge in [-0.1, -0.05) is 108 Å². The van der Waals surface area contributed by atoms with Crippen molar-refractivity contribution in [2.24, 2.45) is 0 Å². The normalized spacial score (nSPS) is 15.6. The Labute approximate surface area is 383 Å². The van der Waals surface area contributed by atoms with Crippen LogP contribution in [0.5, 0.6) is 11.5 Å². The van der Waals surface area contributed by atoms with Crippen molar-refractivity contribution in [1.82, 2.24) is 10.2 Å². The van der Waals surface area contributed by atoms with Crippen LogP contribution in [0.4, 0.5) is 5.69 Å². The van der Waals surface area contributed by atoms with Gasteiger partial charge in [0.15, 0.2) is 0 Å². The van der Waals surface area contributed by atoms with Crippen LogP contribution in [0.3, 0.4) is 0 Å². The summed E-state index contributed by atoms with van der Waals surface area (Å²) in [4.78, 5) is 56.5. The number of carboxylic acids is 1. The fourth-order valence-electron chi connectivity index (χ4n) is 8.15. The van der Waals surface area contributed by atoms with Gasteiger partial charge in [-0.25, -0.2) is 4.79 Å². The Morgan fingerprint density at radius 2 is 1.52 bits per heavy atom. The maximum absolute atomic E-state index is 14.5. The molecular formula is C52H38Cl2N4O7. The molecule has 2 heterocycles. The highest BCUT2D eigenvalue weighted by molar-refractivity contribution is 6.42. The van der Waals surface area contributed by atoms with Crippen LogP contribution in [0, 0.1) is 11.3 Å². The van der Waals surface area contributed by atoms with Crippen LogP contribution in [0.15, 0.2) is 146 Å². The first-order valence-electron chi connectivity index (χ1n) is 20.7. The minimum atomic E-state index is -1.31. The van der Waals surface area contributed by atoms with E-state index in [2.05, 4.69) is 16.7 Å². The van der Waals surface area contributed by atoms with Crippen LogP contribution >= 0.6 is 23.2 Å². The number of hydrogen-bond acceptors (Lipinski definition) is 7. The first-order valence-corrected chi connectivity index (χ1v) is 21.5. The van der Waals surface area contributed by atoms with Gasteiger partial charge in [-0.2, -0.15) is 5.26 Å². The molecular weight excluding hydrogens is 863 g/mol. The second kappa shape index (κ2) is 18.2. The molecule has 11 nitrogen and oxygen atoms in total. The first-order chi connectivity index (χ1) is 31.5. The van der Waals surface area contributed by atoms with Crippen molar-refractivity contribution in [2.45, 2.75) is 44.2 Å². The van der Waals surface area contributed by atoms with Crippen molar-refractivity contribution in [2.75, 3.05) is 5.32 Å². The molecule has 3 amide bonds. The summed E-state index contributed by atoms with van der Waals surface area (Å²) < 4.78 is 12.3. The van der Waals surface area contributed by atoms with Gasteiger partial charge >= 0.3 is 5.97 Å². The van der Waals surface area contributed by atoms with E-state index in [0.29, 0.717) is 60.6 Å². The number of fused-ring (bicyclic) bond motifs is 3. The molecule has 0 saturated heterocycles. The summed E-state index contributed by atoms with van der Waals surface area (Å²) in [5, 5.41) is 27.9. The molecule has 13 heteroatoms. The van der Waals surface area contributed by atoms with Gasteiger partial charge < -0.3 is 30.1 Å². The second-order valence-electron chi connectivity index (χ2n) is 15.9. The lowest BCUT2D eigenvalue weighted by Crippen LogP contribution is -2.56. The third kappa shape index (κ3) is 9.22. The molecule has 2 aliphatic heterocycles. The van der Waals surface area contributed by atoms with Gasteiger partial charge in [-0.05, 0) is 105 Å². The molecule has 322 valence electrons. The molecule has 65 heavy (non-hydrogen) atoms. The Morgan fingerprint density at radius 3 is 2.23 bits per heavy atom. The van der Waals surface area contributed by atoms with E-state index in [1.165, 1.54) is 4.90 Å². The number of rotatable bonds is 11. The third-order valence-electron chi connectivity index (χ3n) is 11.7. The van der Waals surface area contributed by atoms with Gasteiger partial charge in [-0.3, -0.25) is 14.4 Å². The summed E-state index contributed by atoms with van der Waals surface area (Å²) in [5.74, 6) is -1.69. The van der Waals surface area contributed by atoms with E-state index in [-0.39, 0.29) is 26.0 Å². The molecule has 7 aromatic rings. The number of carboxylic acid groups (broad SMARTS) is 1. The average Bonchev–Trinajstić information content (AvgIpc) is 3.33. The number of aliphatic carboxylic acids is 1. The zero-order valence-corrected chi connectivity index (χ0v) is 36.0. The summed E-state index contributed by atoms with van der Waals surface area (Å²) in [7, 11) is 0. The molecule has 1 unspecified atom stereocenters. The molecule has 0 radical (unpaired) electrons. The summed E-state index contributed by atoms with van der Waals surface area (Å²) in [5.41, 5.74) is 6.62. The van der Waals surface area contributed by atoms with Crippen molar-refractivity contribution in [3.63, 3.8) is 0 Å². The van der Waals surface area contributed by atoms with Gasteiger partial charge in [0.2, 0.25) is 12.0 Å². The predicted octanol–water partition coefficient (Wildman–Crippen LogP) is 9.72. The number of benzene rings is 7.